The molecule has 0 bridgehead atoms. The minimum Gasteiger partial charge on any atom is -0.327 e. The second-order valence-electron chi connectivity index (χ2n) is 5.30. The number of nitrogens with two attached hydrogens (primary N) is 1. The maximum atomic E-state index is 6.14. The maximum Gasteiger partial charge on any atom is 0.196 e. The van der Waals surface area contributed by atoms with Crippen LogP contribution in [0.1, 0.15) is 50.0 Å². The highest BCUT2D eigenvalue weighted by atomic mass is 15.6. The Balaban J connectivity index is 2.32. The lowest BCUT2D eigenvalue weighted by molar-refractivity contribution is 0.599. The SMILES string of the molecule is CCc1nn(Cc2nnn(C)n2)c(CC)c1CC(N)CC. The van der Waals surface area contributed by atoms with Crippen molar-refractivity contribution in [1.29, 1.82) is 0 Å². The molecule has 7 nitrogen and oxygen atoms in total. The van der Waals surface area contributed by atoms with Crippen LogP contribution >= 0.6 is 0 Å². The number of tetrazole rings is 1. The van der Waals surface area contributed by atoms with Gasteiger partial charge in [0.25, 0.3) is 0 Å². The molecule has 0 amide bonds. The van der Waals surface area contributed by atoms with Gasteiger partial charge >= 0.3 is 0 Å². The predicted molar refractivity (Wildman–Crippen MR) is 80.9 cm³/mol. The number of nitrogens with zero attached hydrogens (tertiary/aromatic N) is 6. The van der Waals surface area contributed by atoms with Crippen LogP contribution in [-0.2, 0) is 32.9 Å². The van der Waals surface area contributed by atoms with E-state index in [0.29, 0.717) is 12.4 Å². The smallest absolute Gasteiger partial charge is 0.196 e. The zero-order valence-electron chi connectivity index (χ0n) is 13.4. The highest BCUT2D eigenvalue weighted by Gasteiger charge is 2.18. The van der Waals surface area contributed by atoms with E-state index in [2.05, 4.69) is 36.2 Å². The second kappa shape index (κ2) is 6.80. The zero-order chi connectivity index (χ0) is 15.4. The van der Waals surface area contributed by atoms with Gasteiger partial charge in [-0.2, -0.15) is 9.90 Å². The molecule has 0 saturated heterocycles. The number of hydrogen-bond donors (Lipinski definition) is 1. The first-order valence-electron chi connectivity index (χ1n) is 7.64. The lowest BCUT2D eigenvalue weighted by Crippen LogP contribution is -2.22. The van der Waals surface area contributed by atoms with Gasteiger partial charge in [-0.25, -0.2) is 0 Å². The number of hydrogen-bond acceptors (Lipinski definition) is 5. The zero-order valence-corrected chi connectivity index (χ0v) is 13.4. The van der Waals surface area contributed by atoms with Crippen LogP contribution in [0, 0.1) is 0 Å². The van der Waals surface area contributed by atoms with Crippen LogP contribution in [0.5, 0.6) is 0 Å². The molecule has 0 fully saturated rings. The Kier molecular flexibility index (Phi) is 5.06. The Morgan fingerprint density at radius 1 is 1.14 bits per heavy atom. The van der Waals surface area contributed by atoms with Crippen molar-refractivity contribution < 1.29 is 0 Å². The fourth-order valence-electron chi connectivity index (χ4n) is 2.56. The highest BCUT2D eigenvalue weighted by Crippen LogP contribution is 2.19. The number of aromatic nitrogens is 6. The van der Waals surface area contributed by atoms with Crippen molar-refractivity contribution in [3.8, 4) is 0 Å². The van der Waals surface area contributed by atoms with Gasteiger partial charge in [0.2, 0.25) is 0 Å². The summed E-state index contributed by atoms with van der Waals surface area (Å²) < 4.78 is 2.01. The molecular formula is C14H25N7. The molecule has 116 valence electrons. The third-order valence-corrected chi connectivity index (χ3v) is 3.75. The van der Waals surface area contributed by atoms with Gasteiger partial charge in [-0.1, -0.05) is 20.8 Å². The third kappa shape index (κ3) is 3.47. The molecule has 0 aliphatic rings. The van der Waals surface area contributed by atoms with E-state index in [1.807, 2.05) is 4.68 Å². The van der Waals surface area contributed by atoms with Crippen molar-refractivity contribution in [3.05, 3.63) is 22.8 Å². The Morgan fingerprint density at radius 3 is 2.43 bits per heavy atom. The monoisotopic (exact) mass is 291 g/mol. The van der Waals surface area contributed by atoms with Crippen LogP contribution in [0.4, 0.5) is 0 Å². The van der Waals surface area contributed by atoms with E-state index in [1.165, 1.54) is 16.1 Å². The van der Waals surface area contributed by atoms with Crippen molar-refractivity contribution in [1.82, 2.24) is 30.0 Å². The molecule has 1 atom stereocenters. The minimum absolute atomic E-state index is 0.188. The lowest BCUT2D eigenvalue weighted by atomic mass is 10.00. The van der Waals surface area contributed by atoms with Gasteiger partial charge in [0.1, 0.15) is 6.54 Å². The summed E-state index contributed by atoms with van der Waals surface area (Å²) in [5.41, 5.74) is 9.82. The molecule has 0 saturated carbocycles. The van der Waals surface area contributed by atoms with E-state index in [-0.39, 0.29) is 6.04 Å². The molecule has 2 aromatic rings. The van der Waals surface area contributed by atoms with E-state index >= 15 is 0 Å². The quantitative estimate of drug-likeness (QED) is 0.817. The molecular weight excluding hydrogens is 266 g/mol. The normalized spacial score (nSPS) is 12.8. The van der Waals surface area contributed by atoms with Crippen LogP contribution in [-0.4, -0.2) is 36.0 Å². The summed E-state index contributed by atoms with van der Waals surface area (Å²) in [5.74, 6) is 0.684. The van der Waals surface area contributed by atoms with E-state index < -0.39 is 0 Å². The lowest BCUT2D eigenvalue weighted by Gasteiger charge is -2.11. The first kappa shape index (κ1) is 15.6. The van der Waals surface area contributed by atoms with Gasteiger partial charge in [0.15, 0.2) is 5.82 Å². The Hall–Kier alpha value is -1.76. The van der Waals surface area contributed by atoms with Gasteiger partial charge in [-0.3, -0.25) is 4.68 Å². The fourth-order valence-corrected chi connectivity index (χ4v) is 2.56. The summed E-state index contributed by atoms with van der Waals surface area (Å²) in [6.07, 6.45) is 3.71. The topological polar surface area (TPSA) is 87.4 Å². The molecule has 2 aromatic heterocycles. The largest absolute Gasteiger partial charge is 0.327 e. The molecule has 0 aliphatic carbocycles. The van der Waals surface area contributed by atoms with E-state index in [0.717, 1.165) is 31.4 Å². The van der Waals surface area contributed by atoms with E-state index in [9.17, 15) is 0 Å². The molecule has 0 aliphatic heterocycles. The van der Waals surface area contributed by atoms with Gasteiger partial charge < -0.3 is 5.73 Å². The maximum absolute atomic E-state index is 6.14. The summed E-state index contributed by atoms with van der Waals surface area (Å²) in [5, 5.41) is 16.9. The van der Waals surface area contributed by atoms with Crippen molar-refractivity contribution in [3.63, 3.8) is 0 Å². The second-order valence-corrected chi connectivity index (χ2v) is 5.30. The molecule has 7 heteroatoms. The molecule has 1 unspecified atom stereocenters. The molecule has 0 spiro atoms. The summed E-state index contributed by atoms with van der Waals surface area (Å²) in [6.45, 7) is 6.97. The van der Waals surface area contributed by atoms with Crippen molar-refractivity contribution >= 4 is 0 Å². The summed E-state index contributed by atoms with van der Waals surface area (Å²) in [6, 6.07) is 0.188. The van der Waals surface area contributed by atoms with Crippen LogP contribution in [0.3, 0.4) is 0 Å². The first-order valence-corrected chi connectivity index (χ1v) is 7.64. The molecule has 2 rings (SSSR count). The van der Waals surface area contributed by atoms with E-state index in [4.69, 9.17) is 10.8 Å². The molecule has 0 aromatic carbocycles. The average molecular weight is 291 g/mol. The summed E-state index contributed by atoms with van der Waals surface area (Å²) in [4.78, 5) is 1.47. The van der Waals surface area contributed by atoms with Gasteiger partial charge in [0, 0.05) is 11.7 Å². The molecule has 2 N–H and O–H groups in total. The average Bonchev–Trinajstić information content (AvgIpc) is 3.02. The van der Waals surface area contributed by atoms with Gasteiger partial charge in [-0.05, 0) is 36.5 Å². The number of aryl methyl sites for hydroxylation is 2. The predicted octanol–water partition coefficient (Wildman–Crippen LogP) is 0.859. The van der Waals surface area contributed by atoms with Crippen molar-refractivity contribution in [2.75, 3.05) is 0 Å². The minimum atomic E-state index is 0.188. The highest BCUT2D eigenvalue weighted by molar-refractivity contribution is 5.28. The van der Waals surface area contributed by atoms with Crippen molar-refractivity contribution in [2.24, 2.45) is 12.8 Å². The Morgan fingerprint density at radius 2 is 1.90 bits per heavy atom. The fraction of sp³-hybridized carbons (Fsp3) is 0.714. The summed E-state index contributed by atoms with van der Waals surface area (Å²) >= 11 is 0. The Labute approximate surface area is 125 Å². The molecule has 2 heterocycles. The molecule has 0 radical (unpaired) electrons. The molecule has 21 heavy (non-hydrogen) atoms. The number of rotatable bonds is 7. The van der Waals surface area contributed by atoms with Crippen molar-refractivity contribution in [2.45, 2.75) is 59.0 Å². The van der Waals surface area contributed by atoms with Gasteiger partial charge in [-0.15, -0.1) is 10.2 Å². The van der Waals surface area contributed by atoms with Crippen LogP contribution < -0.4 is 5.73 Å². The van der Waals surface area contributed by atoms with Crippen LogP contribution in [0.2, 0.25) is 0 Å². The van der Waals surface area contributed by atoms with E-state index in [1.54, 1.807) is 7.05 Å². The first-order chi connectivity index (χ1) is 10.1. The summed E-state index contributed by atoms with van der Waals surface area (Å²) in [7, 11) is 1.77. The Bertz CT molecular complexity index is 584. The standard InChI is InChI=1S/C14H25N7/c1-5-10(15)8-11-12(6-2)17-21(13(11)7-3)9-14-16-19-20(4)18-14/h10H,5-9,15H2,1-4H3. The van der Waals surface area contributed by atoms with Crippen LogP contribution in [0.15, 0.2) is 0 Å². The third-order valence-electron chi connectivity index (χ3n) is 3.75. The van der Waals surface area contributed by atoms with Gasteiger partial charge in [0.05, 0.1) is 12.7 Å². The van der Waals surface area contributed by atoms with Crippen LogP contribution in [0.25, 0.3) is 0 Å².